The van der Waals surface area contributed by atoms with E-state index in [-0.39, 0.29) is 23.7 Å². The van der Waals surface area contributed by atoms with Crippen LogP contribution in [0.15, 0.2) is 42.5 Å². The van der Waals surface area contributed by atoms with Crippen molar-refractivity contribution in [1.29, 1.82) is 0 Å². The number of halogens is 1. The van der Waals surface area contributed by atoms with Crippen molar-refractivity contribution in [3.63, 3.8) is 0 Å². The van der Waals surface area contributed by atoms with Gasteiger partial charge in [-0.2, -0.15) is 0 Å². The number of thiazole rings is 1. The summed E-state index contributed by atoms with van der Waals surface area (Å²) < 4.78 is 24.8. The van der Waals surface area contributed by atoms with E-state index in [0.29, 0.717) is 34.5 Å². The lowest BCUT2D eigenvalue weighted by atomic mass is 9.95. The number of ether oxygens (including phenoxy) is 2. The maximum absolute atomic E-state index is 13.2. The van der Waals surface area contributed by atoms with Gasteiger partial charge in [-0.1, -0.05) is 19.9 Å². The summed E-state index contributed by atoms with van der Waals surface area (Å²) in [6.07, 6.45) is 0.843. The van der Waals surface area contributed by atoms with Crippen LogP contribution in [0, 0.1) is 18.7 Å². The van der Waals surface area contributed by atoms with Crippen LogP contribution in [0.1, 0.15) is 47.2 Å². The first-order chi connectivity index (χ1) is 14.9. The lowest BCUT2D eigenvalue weighted by molar-refractivity contribution is 0.0929. The Labute approximate surface area is 185 Å². The normalized spacial score (nSPS) is 14.2. The molecule has 1 aliphatic heterocycles. The predicted octanol–water partition coefficient (Wildman–Crippen LogP) is 5.55. The first kappa shape index (κ1) is 21.3. The van der Waals surface area contributed by atoms with Crippen LogP contribution in [0.5, 0.6) is 11.5 Å². The van der Waals surface area contributed by atoms with Gasteiger partial charge in [0.1, 0.15) is 15.7 Å². The van der Waals surface area contributed by atoms with Crippen molar-refractivity contribution in [3.05, 3.63) is 64.4 Å². The van der Waals surface area contributed by atoms with E-state index in [2.05, 4.69) is 24.1 Å². The average Bonchev–Trinajstić information content (AvgIpc) is 2.99. The molecule has 1 aromatic heterocycles. The molecule has 0 saturated heterocycles. The van der Waals surface area contributed by atoms with Crippen molar-refractivity contribution in [1.82, 2.24) is 10.3 Å². The zero-order valence-corrected chi connectivity index (χ0v) is 18.6. The number of aromatic nitrogens is 1. The lowest BCUT2D eigenvalue weighted by Crippen LogP contribution is -2.31. The smallest absolute Gasteiger partial charge is 0.263 e. The van der Waals surface area contributed by atoms with E-state index < -0.39 is 0 Å². The second kappa shape index (κ2) is 9.06. The van der Waals surface area contributed by atoms with E-state index in [1.165, 1.54) is 23.5 Å². The Morgan fingerprint density at radius 1 is 1.10 bits per heavy atom. The molecular formula is C24H25FN2O3S. The zero-order valence-electron chi connectivity index (χ0n) is 17.8. The minimum atomic E-state index is -0.301. The Balaban J connectivity index is 1.57. The van der Waals surface area contributed by atoms with Gasteiger partial charge < -0.3 is 14.8 Å². The summed E-state index contributed by atoms with van der Waals surface area (Å²) in [5.74, 6) is 1.14. The zero-order chi connectivity index (χ0) is 22.0. The Morgan fingerprint density at radius 2 is 1.81 bits per heavy atom. The van der Waals surface area contributed by atoms with Crippen LogP contribution in [-0.4, -0.2) is 24.1 Å². The van der Waals surface area contributed by atoms with Gasteiger partial charge in [0.25, 0.3) is 5.91 Å². The fourth-order valence-electron chi connectivity index (χ4n) is 3.54. The van der Waals surface area contributed by atoms with Crippen LogP contribution >= 0.6 is 11.3 Å². The summed E-state index contributed by atoms with van der Waals surface area (Å²) in [6, 6.07) is 11.8. The largest absolute Gasteiger partial charge is 0.490 e. The Bertz CT molecular complexity index is 1080. The molecule has 0 radical (unpaired) electrons. The molecule has 1 aliphatic rings. The van der Waals surface area contributed by atoms with Crippen molar-refractivity contribution in [2.24, 2.45) is 5.92 Å². The molecule has 1 unspecified atom stereocenters. The summed E-state index contributed by atoms with van der Waals surface area (Å²) in [5, 5.41) is 3.86. The monoisotopic (exact) mass is 440 g/mol. The van der Waals surface area contributed by atoms with E-state index >= 15 is 0 Å². The van der Waals surface area contributed by atoms with E-state index in [4.69, 9.17) is 9.47 Å². The van der Waals surface area contributed by atoms with Crippen molar-refractivity contribution >= 4 is 17.2 Å². The topological polar surface area (TPSA) is 60.5 Å². The van der Waals surface area contributed by atoms with E-state index in [1.807, 2.05) is 25.1 Å². The summed E-state index contributed by atoms with van der Waals surface area (Å²) in [4.78, 5) is 18.2. The number of nitrogens with one attached hydrogen (secondary N) is 1. The molecule has 1 amide bonds. The third-order valence-corrected chi connectivity index (χ3v) is 6.38. The van der Waals surface area contributed by atoms with Gasteiger partial charge in [0.15, 0.2) is 11.5 Å². The molecule has 162 valence electrons. The number of carbonyl (C=O) groups excluding carboxylic acids is 1. The molecule has 2 heterocycles. The van der Waals surface area contributed by atoms with Crippen molar-refractivity contribution < 1.29 is 18.7 Å². The van der Waals surface area contributed by atoms with Gasteiger partial charge in [-0.3, -0.25) is 4.79 Å². The van der Waals surface area contributed by atoms with Gasteiger partial charge >= 0.3 is 0 Å². The molecule has 2 aromatic carbocycles. The van der Waals surface area contributed by atoms with Crippen LogP contribution in [0.4, 0.5) is 4.39 Å². The highest BCUT2D eigenvalue weighted by Gasteiger charge is 2.24. The number of rotatable bonds is 5. The number of nitrogens with zero attached hydrogens (tertiary/aromatic N) is 1. The third kappa shape index (κ3) is 4.71. The van der Waals surface area contributed by atoms with Crippen LogP contribution in [0.25, 0.3) is 10.6 Å². The Morgan fingerprint density at radius 3 is 2.52 bits per heavy atom. The molecule has 0 fully saturated rings. The fraction of sp³-hybridized carbons (Fsp3) is 0.333. The van der Waals surface area contributed by atoms with Gasteiger partial charge in [-0.15, -0.1) is 11.3 Å². The van der Waals surface area contributed by atoms with E-state index in [0.717, 1.165) is 23.3 Å². The standard InChI is InChI=1S/C24H25FN2O3S/c1-14(2)21(17-7-10-19-20(13-17)30-12-4-11-29-19)27-23(28)22-15(3)26-24(31-22)16-5-8-18(25)9-6-16/h5-10,13-14,21H,4,11-12H2,1-3H3,(H,27,28). The number of amides is 1. The first-order valence-electron chi connectivity index (χ1n) is 10.4. The molecule has 5 nitrogen and oxygen atoms in total. The van der Waals surface area contributed by atoms with Gasteiger partial charge in [0, 0.05) is 12.0 Å². The summed E-state index contributed by atoms with van der Waals surface area (Å²) in [7, 11) is 0. The van der Waals surface area contributed by atoms with Gasteiger partial charge in [0.05, 0.1) is 24.9 Å². The molecule has 0 bridgehead atoms. The number of carbonyl (C=O) groups is 1. The van der Waals surface area contributed by atoms with Crippen LogP contribution < -0.4 is 14.8 Å². The Hall–Kier alpha value is -2.93. The highest BCUT2D eigenvalue weighted by atomic mass is 32.1. The molecule has 0 aliphatic carbocycles. The van der Waals surface area contributed by atoms with Crippen LogP contribution in [-0.2, 0) is 0 Å². The lowest BCUT2D eigenvalue weighted by Gasteiger charge is -2.23. The number of aryl methyl sites for hydroxylation is 1. The molecule has 4 rings (SSSR count). The maximum Gasteiger partial charge on any atom is 0.263 e. The molecule has 0 spiro atoms. The average molecular weight is 441 g/mol. The second-order valence-electron chi connectivity index (χ2n) is 7.89. The molecular weight excluding hydrogens is 415 g/mol. The van der Waals surface area contributed by atoms with Crippen molar-refractivity contribution in [2.45, 2.75) is 33.2 Å². The van der Waals surface area contributed by atoms with Crippen LogP contribution in [0.2, 0.25) is 0 Å². The van der Waals surface area contributed by atoms with Crippen molar-refractivity contribution in [3.8, 4) is 22.1 Å². The third-order valence-electron chi connectivity index (χ3n) is 5.18. The summed E-state index contributed by atoms with van der Waals surface area (Å²) in [6.45, 7) is 7.20. The minimum Gasteiger partial charge on any atom is -0.490 e. The molecule has 7 heteroatoms. The number of hydrogen-bond acceptors (Lipinski definition) is 5. The number of benzene rings is 2. The van der Waals surface area contributed by atoms with Gasteiger partial charge in [-0.05, 0) is 54.8 Å². The van der Waals surface area contributed by atoms with Crippen LogP contribution in [0.3, 0.4) is 0 Å². The molecule has 1 N–H and O–H groups in total. The van der Waals surface area contributed by atoms with E-state index in [9.17, 15) is 9.18 Å². The number of fused-ring (bicyclic) bond motifs is 1. The predicted molar refractivity (Wildman–Crippen MR) is 119 cm³/mol. The second-order valence-corrected chi connectivity index (χ2v) is 8.89. The highest BCUT2D eigenvalue weighted by molar-refractivity contribution is 7.17. The van der Waals surface area contributed by atoms with Crippen molar-refractivity contribution in [2.75, 3.05) is 13.2 Å². The first-order valence-corrected chi connectivity index (χ1v) is 11.2. The quantitative estimate of drug-likeness (QED) is 0.565. The Kier molecular flexibility index (Phi) is 6.23. The minimum absolute atomic E-state index is 0.165. The molecule has 0 saturated carbocycles. The maximum atomic E-state index is 13.2. The van der Waals surface area contributed by atoms with E-state index in [1.54, 1.807) is 12.1 Å². The molecule has 31 heavy (non-hydrogen) atoms. The fourth-order valence-corrected chi connectivity index (χ4v) is 4.51. The highest BCUT2D eigenvalue weighted by Crippen LogP contribution is 2.35. The molecule has 1 atom stereocenters. The number of hydrogen-bond donors (Lipinski definition) is 1. The summed E-state index contributed by atoms with van der Waals surface area (Å²) in [5.41, 5.74) is 2.41. The molecule has 3 aromatic rings. The SMILES string of the molecule is Cc1nc(-c2ccc(F)cc2)sc1C(=O)NC(c1ccc2c(c1)OCCCO2)C(C)C. The van der Waals surface area contributed by atoms with Gasteiger partial charge in [0.2, 0.25) is 0 Å². The summed E-state index contributed by atoms with van der Waals surface area (Å²) >= 11 is 1.31. The van der Waals surface area contributed by atoms with Gasteiger partial charge in [-0.25, -0.2) is 9.37 Å².